The van der Waals surface area contributed by atoms with E-state index in [0.717, 1.165) is 56.9 Å². The highest BCUT2D eigenvalue weighted by molar-refractivity contribution is 5.76. The van der Waals surface area contributed by atoms with E-state index in [4.69, 9.17) is 4.98 Å². The van der Waals surface area contributed by atoms with E-state index in [9.17, 15) is 4.79 Å². The summed E-state index contributed by atoms with van der Waals surface area (Å²) in [6.45, 7) is 10.8. The first-order valence-electron chi connectivity index (χ1n) is 15.3. The predicted octanol–water partition coefficient (Wildman–Crippen LogP) is 6.40. The van der Waals surface area contributed by atoms with Crippen LogP contribution in [0, 0.1) is 6.92 Å². The molecule has 3 aliphatic heterocycles. The quantitative estimate of drug-likeness (QED) is 0.357. The molecule has 2 amide bonds. The molecule has 3 aromatic rings. The van der Waals surface area contributed by atoms with Gasteiger partial charge in [-0.15, -0.1) is 0 Å². The van der Waals surface area contributed by atoms with Gasteiger partial charge in [-0.25, -0.2) is 9.78 Å². The third kappa shape index (κ3) is 4.86. The molecule has 6 heteroatoms. The van der Waals surface area contributed by atoms with Gasteiger partial charge in [0.1, 0.15) is 5.82 Å². The van der Waals surface area contributed by atoms with Crippen molar-refractivity contribution in [1.29, 1.82) is 0 Å². The maximum absolute atomic E-state index is 13.1. The Labute approximate surface area is 234 Å². The van der Waals surface area contributed by atoms with Crippen LogP contribution >= 0.6 is 0 Å². The smallest absolute Gasteiger partial charge is 0.319 e. The van der Waals surface area contributed by atoms with Crippen LogP contribution in [0.5, 0.6) is 0 Å². The summed E-state index contributed by atoms with van der Waals surface area (Å²) in [6.07, 6.45) is 8.36. The molecule has 0 saturated carbocycles. The van der Waals surface area contributed by atoms with Crippen molar-refractivity contribution >= 4 is 17.1 Å². The zero-order valence-electron chi connectivity index (χ0n) is 24.1. The van der Waals surface area contributed by atoms with E-state index in [1.807, 2.05) is 4.90 Å². The van der Waals surface area contributed by atoms with Crippen LogP contribution in [0.15, 0.2) is 54.6 Å². The summed E-state index contributed by atoms with van der Waals surface area (Å²) in [5, 5.41) is 0. The summed E-state index contributed by atoms with van der Waals surface area (Å²) in [7, 11) is 0. The number of urea groups is 1. The summed E-state index contributed by atoms with van der Waals surface area (Å²) in [5.41, 5.74) is 4.03. The van der Waals surface area contributed by atoms with E-state index in [-0.39, 0.29) is 11.4 Å². The number of nitrogens with zero attached hydrogens (tertiary/aromatic N) is 5. The van der Waals surface area contributed by atoms with Gasteiger partial charge in [-0.3, -0.25) is 4.90 Å². The van der Waals surface area contributed by atoms with Crippen LogP contribution in [-0.2, 0) is 5.41 Å². The summed E-state index contributed by atoms with van der Waals surface area (Å²) in [6, 6.07) is 21.9. The first kappa shape index (κ1) is 26.4. The number of benzene rings is 2. The molecule has 6 nitrogen and oxygen atoms in total. The fourth-order valence-corrected chi connectivity index (χ4v) is 8.09. The number of fused-ring (bicyclic) bond motifs is 3. The summed E-state index contributed by atoms with van der Waals surface area (Å²) >= 11 is 0. The molecule has 2 unspecified atom stereocenters. The van der Waals surface area contributed by atoms with Gasteiger partial charge in [-0.05, 0) is 95.4 Å². The standard InChI is InChI=1S/C33H45N5O/c1-4-35(5-2)32(39)36-20-17-33(18-21-36,26-11-7-6-8-12-26)19-22-37-27-15-16-28(37)24-29(23-27)38-25(3)34-30-13-9-10-14-31(30)38/h6-14,27-29H,4-5,15-24H2,1-3H3. The molecule has 0 spiro atoms. The lowest BCUT2D eigenvalue weighted by Crippen LogP contribution is -2.51. The Kier molecular flexibility index (Phi) is 7.41. The highest BCUT2D eigenvalue weighted by Gasteiger charge is 2.44. The number of piperidine rings is 2. The van der Waals surface area contributed by atoms with Gasteiger partial charge in [0.2, 0.25) is 0 Å². The molecular weight excluding hydrogens is 482 g/mol. The van der Waals surface area contributed by atoms with Crippen molar-refractivity contribution in [2.75, 3.05) is 32.7 Å². The van der Waals surface area contributed by atoms with Gasteiger partial charge in [0.15, 0.2) is 0 Å². The summed E-state index contributed by atoms with van der Waals surface area (Å²) in [4.78, 5) is 24.9. The van der Waals surface area contributed by atoms with Crippen molar-refractivity contribution in [1.82, 2.24) is 24.3 Å². The largest absolute Gasteiger partial charge is 0.325 e. The van der Waals surface area contributed by atoms with Crippen LogP contribution in [0.1, 0.15) is 76.2 Å². The highest BCUT2D eigenvalue weighted by Crippen LogP contribution is 2.45. The molecule has 4 heterocycles. The topological polar surface area (TPSA) is 44.6 Å². The van der Waals surface area contributed by atoms with Crippen LogP contribution in [0.25, 0.3) is 11.0 Å². The Morgan fingerprint density at radius 3 is 2.23 bits per heavy atom. The number of rotatable bonds is 7. The minimum Gasteiger partial charge on any atom is -0.325 e. The SMILES string of the molecule is CCN(CC)C(=O)N1CCC(CCN2C3CCC2CC(n2c(C)nc4ccccc42)C3)(c2ccccc2)CC1. The zero-order chi connectivity index (χ0) is 27.0. The highest BCUT2D eigenvalue weighted by atomic mass is 16.2. The van der Waals surface area contributed by atoms with Gasteiger partial charge in [0.25, 0.3) is 0 Å². The normalized spacial score (nSPS) is 24.8. The summed E-state index contributed by atoms with van der Waals surface area (Å²) in [5.74, 6) is 1.16. The van der Waals surface area contributed by atoms with Gasteiger partial charge in [0.05, 0.1) is 11.0 Å². The Bertz CT molecular complexity index is 1260. The van der Waals surface area contributed by atoms with Crippen LogP contribution in [0.4, 0.5) is 4.79 Å². The van der Waals surface area contributed by atoms with Gasteiger partial charge in [-0.2, -0.15) is 0 Å². The molecule has 2 atom stereocenters. The molecule has 0 N–H and O–H groups in total. The number of carbonyl (C=O) groups is 1. The average molecular weight is 528 g/mol. The molecule has 3 fully saturated rings. The third-order valence-corrected chi connectivity index (χ3v) is 10.3. The molecule has 3 saturated heterocycles. The van der Waals surface area contributed by atoms with Gasteiger partial charge >= 0.3 is 6.03 Å². The Hall–Kier alpha value is -2.86. The molecule has 39 heavy (non-hydrogen) atoms. The lowest BCUT2D eigenvalue weighted by molar-refractivity contribution is 0.0824. The number of likely N-dealkylation sites (tertiary alicyclic amines) is 1. The van der Waals surface area contributed by atoms with Gasteiger partial charge in [-0.1, -0.05) is 42.5 Å². The lowest BCUT2D eigenvalue weighted by atomic mass is 9.70. The van der Waals surface area contributed by atoms with E-state index in [0.29, 0.717) is 18.1 Å². The lowest BCUT2D eigenvalue weighted by Gasteiger charge is -2.46. The molecule has 0 radical (unpaired) electrons. The molecule has 208 valence electrons. The predicted molar refractivity (Wildman–Crippen MR) is 158 cm³/mol. The van der Waals surface area contributed by atoms with Crippen LogP contribution in [-0.4, -0.2) is 75.1 Å². The molecular formula is C33H45N5O. The molecule has 0 aliphatic carbocycles. The second kappa shape index (κ2) is 11.0. The van der Waals surface area contributed by atoms with Gasteiger partial charge in [0, 0.05) is 44.3 Å². The number of hydrogen-bond donors (Lipinski definition) is 0. The van der Waals surface area contributed by atoms with Crippen molar-refractivity contribution in [2.24, 2.45) is 0 Å². The third-order valence-electron chi connectivity index (χ3n) is 10.3. The maximum Gasteiger partial charge on any atom is 0.319 e. The number of aryl methyl sites for hydroxylation is 1. The first-order chi connectivity index (χ1) is 19.0. The maximum atomic E-state index is 13.1. The van der Waals surface area contributed by atoms with Crippen molar-refractivity contribution in [3.63, 3.8) is 0 Å². The van der Waals surface area contributed by atoms with Crippen molar-refractivity contribution in [3.8, 4) is 0 Å². The van der Waals surface area contributed by atoms with E-state index in [1.54, 1.807) is 0 Å². The fraction of sp³-hybridized carbons (Fsp3) is 0.576. The first-order valence-corrected chi connectivity index (χ1v) is 15.3. The van der Waals surface area contributed by atoms with Crippen molar-refractivity contribution in [3.05, 3.63) is 66.0 Å². The molecule has 2 bridgehead atoms. The number of aromatic nitrogens is 2. The number of hydrogen-bond acceptors (Lipinski definition) is 3. The Balaban J connectivity index is 1.16. The van der Waals surface area contributed by atoms with Crippen LogP contribution in [0.2, 0.25) is 0 Å². The minimum absolute atomic E-state index is 0.148. The van der Waals surface area contributed by atoms with E-state index in [2.05, 4.69) is 89.7 Å². The van der Waals surface area contributed by atoms with Crippen LogP contribution in [0.3, 0.4) is 0 Å². The second-order valence-corrected chi connectivity index (χ2v) is 12.1. The van der Waals surface area contributed by atoms with E-state index < -0.39 is 0 Å². The number of carbonyl (C=O) groups excluding carboxylic acids is 1. The fourth-order valence-electron chi connectivity index (χ4n) is 8.09. The van der Waals surface area contributed by atoms with Gasteiger partial charge < -0.3 is 14.4 Å². The number of amides is 2. The van der Waals surface area contributed by atoms with Crippen molar-refractivity contribution < 1.29 is 4.79 Å². The van der Waals surface area contributed by atoms with Crippen molar-refractivity contribution in [2.45, 2.75) is 89.3 Å². The summed E-state index contributed by atoms with van der Waals surface area (Å²) < 4.78 is 2.53. The zero-order valence-corrected chi connectivity index (χ0v) is 24.1. The average Bonchev–Trinajstić information content (AvgIpc) is 3.43. The van der Waals surface area contributed by atoms with Crippen LogP contribution < -0.4 is 0 Å². The Morgan fingerprint density at radius 1 is 0.923 bits per heavy atom. The second-order valence-electron chi connectivity index (χ2n) is 12.1. The minimum atomic E-state index is 0.148. The molecule has 6 rings (SSSR count). The number of para-hydroxylation sites is 2. The number of imidazole rings is 1. The molecule has 3 aliphatic rings. The van der Waals surface area contributed by atoms with E-state index >= 15 is 0 Å². The molecule has 2 aromatic carbocycles. The molecule has 1 aromatic heterocycles. The monoisotopic (exact) mass is 527 g/mol. The Morgan fingerprint density at radius 2 is 1.56 bits per heavy atom. The van der Waals surface area contributed by atoms with E-state index in [1.165, 1.54) is 43.2 Å².